The minimum absolute atomic E-state index is 0.109. The molecular weight excluding hydrogens is 186 g/mol. The van der Waals surface area contributed by atoms with Crippen LogP contribution in [0, 0.1) is 0 Å². The van der Waals surface area contributed by atoms with E-state index >= 15 is 0 Å². The number of hydrogen-bond donors (Lipinski definition) is 0. The molecule has 2 nitrogen and oxygen atoms in total. The number of nitrogens with zero attached hydrogens (tertiary/aromatic N) is 1. The lowest BCUT2D eigenvalue weighted by atomic mass is 9.98. The van der Waals surface area contributed by atoms with Crippen molar-refractivity contribution in [2.45, 2.75) is 25.7 Å². The number of amides is 1. The molecule has 2 heteroatoms. The third-order valence-corrected chi connectivity index (χ3v) is 2.99. The number of likely N-dealkylation sites (tertiary alicyclic amines) is 1. The molecule has 0 aromatic heterocycles. The Kier molecular flexibility index (Phi) is 3.05. The first-order chi connectivity index (χ1) is 7.33. The van der Waals surface area contributed by atoms with E-state index in [0.717, 1.165) is 25.9 Å². The summed E-state index contributed by atoms with van der Waals surface area (Å²) >= 11 is 0. The normalized spacial score (nSPS) is 21.0. The molecule has 0 aliphatic carbocycles. The summed E-state index contributed by atoms with van der Waals surface area (Å²) in [6.45, 7) is 3.94. The van der Waals surface area contributed by atoms with Gasteiger partial charge >= 0.3 is 0 Å². The number of hydrogen-bond acceptors (Lipinski definition) is 1. The Hall–Kier alpha value is -1.31. The van der Waals surface area contributed by atoms with Gasteiger partial charge in [0.1, 0.15) is 0 Å². The molecule has 1 heterocycles. The van der Waals surface area contributed by atoms with Gasteiger partial charge in [-0.15, -0.1) is 0 Å². The van der Waals surface area contributed by atoms with E-state index in [1.54, 1.807) is 0 Å². The van der Waals surface area contributed by atoms with Crippen LogP contribution in [0.1, 0.15) is 31.2 Å². The van der Waals surface area contributed by atoms with Crippen molar-refractivity contribution in [1.82, 2.24) is 4.90 Å². The van der Waals surface area contributed by atoms with Crippen LogP contribution in [0.3, 0.4) is 0 Å². The molecular formula is C13H17NO. The highest BCUT2D eigenvalue weighted by atomic mass is 16.2. The zero-order chi connectivity index (χ0) is 10.7. The molecule has 0 radical (unpaired) electrons. The van der Waals surface area contributed by atoms with E-state index in [1.165, 1.54) is 5.56 Å². The molecule has 1 aromatic carbocycles. The van der Waals surface area contributed by atoms with Crippen molar-refractivity contribution in [3.05, 3.63) is 35.9 Å². The van der Waals surface area contributed by atoms with Crippen LogP contribution < -0.4 is 0 Å². The van der Waals surface area contributed by atoms with E-state index in [4.69, 9.17) is 0 Å². The second-order valence-electron chi connectivity index (χ2n) is 4.08. The molecule has 0 bridgehead atoms. The van der Waals surface area contributed by atoms with Gasteiger partial charge in [-0.2, -0.15) is 0 Å². The maximum Gasteiger partial charge on any atom is 0.230 e. The molecule has 1 aliphatic heterocycles. The lowest BCUT2D eigenvalue weighted by Crippen LogP contribution is -2.27. The molecule has 0 spiro atoms. The maximum absolute atomic E-state index is 12.0. The van der Waals surface area contributed by atoms with Gasteiger partial charge in [-0.1, -0.05) is 37.3 Å². The molecule has 1 saturated heterocycles. The predicted octanol–water partition coefficient (Wildman–Crippen LogP) is 2.41. The molecule has 15 heavy (non-hydrogen) atoms. The van der Waals surface area contributed by atoms with E-state index in [9.17, 15) is 4.79 Å². The fourth-order valence-corrected chi connectivity index (χ4v) is 2.23. The van der Waals surface area contributed by atoms with Crippen molar-refractivity contribution in [2.24, 2.45) is 0 Å². The second-order valence-corrected chi connectivity index (χ2v) is 4.08. The number of benzene rings is 1. The summed E-state index contributed by atoms with van der Waals surface area (Å²) in [7, 11) is 0. The van der Waals surface area contributed by atoms with Crippen LogP contribution in [-0.2, 0) is 4.79 Å². The largest absolute Gasteiger partial charge is 0.342 e. The summed E-state index contributed by atoms with van der Waals surface area (Å²) in [5, 5.41) is 0. The zero-order valence-corrected chi connectivity index (χ0v) is 9.15. The second kappa shape index (κ2) is 4.47. The van der Waals surface area contributed by atoms with Crippen molar-refractivity contribution in [3.8, 4) is 0 Å². The third-order valence-electron chi connectivity index (χ3n) is 2.99. The Balaban J connectivity index is 2.11. The molecule has 0 N–H and O–H groups in total. The Morgan fingerprint density at radius 3 is 2.73 bits per heavy atom. The van der Waals surface area contributed by atoms with E-state index in [-0.39, 0.29) is 5.92 Å². The van der Waals surface area contributed by atoms with Gasteiger partial charge in [-0.05, 0) is 18.4 Å². The lowest BCUT2D eigenvalue weighted by Gasteiger charge is -2.15. The number of carbonyl (C=O) groups is 1. The summed E-state index contributed by atoms with van der Waals surface area (Å²) in [5.74, 6) is 0.417. The van der Waals surface area contributed by atoms with Gasteiger partial charge in [0.25, 0.3) is 0 Å². The quantitative estimate of drug-likeness (QED) is 0.738. The topological polar surface area (TPSA) is 20.3 Å². The first kappa shape index (κ1) is 10.2. The van der Waals surface area contributed by atoms with Crippen molar-refractivity contribution >= 4 is 5.91 Å². The van der Waals surface area contributed by atoms with Crippen molar-refractivity contribution in [2.75, 3.05) is 13.1 Å². The summed E-state index contributed by atoms with van der Waals surface area (Å²) in [5.41, 5.74) is 1.17. The summed E-state index contributed by atoms with van der Waals surface area (Å²) in [4.78, 5) is 14.0. The Morgan fingerprint density at radius 1 is 1.33 bits per heavy atom. The van der Waals surface area contributed by atoms with Crippen LogP contribution >= 0.6 is 0 Å². The fraction of sp³-hybridized carbons (Fsp3) is 0.462. The van der Waals surface area contributed by atoms with Gasteiger partial charge in [0.15, 0.2) is 0 Å². The van der Waals surface area contributed by atoms with E-state index in [1.807, 2.05) is 23.1 Å². The predicted molar refractivity (Wildman–Crippen MR) is 60.7 cm³/mol. The van der Waals surface area contributed by atoms with Gasteiger partial charge in [0.2, 0.25) is 5.91 Å². The molecule has 2 rings (SSSR count). The first-order valence-corrected chi connectivity index (χ1v) is 5.66. The minimum atomic E-state index is 0.109. The smallest absolute Gasteiger partial charge is 0.230 e. The summed E-state index contributed by atoms with van der Waals surface area (Å²) in [6, 6.07) is 10.1. The lowest BCUT2D eigenvalue weighted by molar-refractivity contribution is -0.128. The molecule has 1 amide bonds. The Bertz CT molecular complexity index is 334. The van der Waals surface area contributed by atoms with Gasteiger partial charge in [-0.3, -0.25) is 4.79 Å². The van der Waals surface area contributed by atoms with E-state index in [0.29, 0.717) is 5.91 Å². The number of rotatable bonds is 3. The van der Waals surface area contributed by atoms with Gasteiger partial charge in [0.05, 0.1) is 5.92 Å². The van der Waals surface area contributed by atoms with Crippen LogP contribution in [0.15, 0.2) is 30.3 Å². The van der Waals surface area contributed by atoms with Gasteiger partial charge in [0, 0.05) is 13.1 Å². The Morgan fingerprint density at radius 2 is 2.07 bits per heavy atom. The zero-order valence-electron chi connectivity index (χ0n) is 9.15. The summed E-state index contributed by atoms with van der Waals surface area (Å²) < 4.78 is 0. The molecule has 80 valence electrons. The highest BCUT2D eigenvalue weighted by Gasteiger charge is 2.31. The fourth-order valence-electron chi connectivity index (χ4n) is 2.23. The van der Waals surface area contributed by atoms with E-state index in [2.05, 4.69) is 19.1 Å². The first-order valence-electron chi connectivity index (χ1n) is 5.66. The van der Waals surface area contributed by atoms with Crippen LogP contribution in [0.2, 0.25) is 0 Å². The van der Waals surface area contributed by atoms with Crippen molar-refractivity contribution < 1.29 is 4.79 Å². The highest BCUT2D eigenvalue weighted by Crippen LogP contribution is 2.28. The van der Waals surface area contributed by atoms with Crippen LogP contribution in [0.4, 0.5) is 0 Å². The molecule has 1 unspecified atom stereocenters. The number of carbonyl (C=O) groups excluding carboxylic acids is 1. The van der Waals surface area contributed by atoms with Gasteiger partial charge in [-0.25, -0.2) is 0 Å². The molecule has 1 atom stereocenters. The SMILES string of the molecule is CCCN1CCC(c2ccccc2)C1=O. The van der Waals surface area contributed by atoms with Crippen LogP contribution in [0.5, 0.6) is 0 Å². The van der Waals surface area contributed by atoms with E-state index < -0.39 is 0 Å². The maximum atomic E-state index is 12.0. The summed E-state index contributed by atoms with van der Waals surface area (Å²) in [6.07, 6.45) is 2.02. The average Bonchev–Trinajstić information content (AvgIpc) is 2.63. The van der Waals surface area contributed by atoms with Crippen LogP contribution in [-0.4, -0.2) is 23.9 Å². The molecule has 1 fully saturated rings. The Labute approximate surface area is 90.9 Å². The van der Waals surface area contributed by atoms with Crippen molar-refractivity contribution in [1.29, 1.82) is 0 Å². The minimum Gasteiger partial charge on any atom is -0.342 e. The van der Waals surface area contributed by atoms with Gasteiger partial charge < -0.3 is 4.90 Å². The molecule has 1 aliphatic rings. The third kappa shape index (κ3) is 2.04. The average molecular weight is 203 g/mol. The standard InChI is InChI=1S/C13H17NO/c1-2-9-14-10-8-12(13(14)15)11-6-4-3-5-7-11/h3-7,12H,2,8-10H2,1H3. The molecule has 1 aromatic rings. The van der Waals surface area contributed by atoms with Crippen molar-refractivity contribution in [3.63, 3.8) is 0 Å². The monoisotopic (exact) mass is 203 g/mol. The highest BCUT2D eigenvalue weighted by molar-refractivity contribution is 5.85. The molecule has 0 saturated carbocycles. The van der Waals surface area contributed by atoms with Crippen LogP contribution in [0.25, 0.3) is 0 Å².